The Labute approximate surface area is 205 Å². The molecule has 0 unspecified atom stereocenters. The van der Waals surface area contributed by atoms with Crippen LogP contribution in [0, 0.1) is 12.8 Å². The maximum atomic E-state index is 6.43. The third-order valence-electron chi connectivity index (χ3n) is 7.27. The Morgan fingerprint density at radius 3 is 2.54 bits per heavy atom. The zero-order valence-electron chi connectivity index (χ0n) is 20.4. The summed E-state index contributed by atoms with van der Waals surface area (Å²) in [6.45, 7) is 3.25. The molecule has 3 aromatic heterocycles. The van der Waals surface area contributed by atoms with Crippen molar-refractivity contribution < 1.29 is 0 Å². The summed E-state index contributed by atoms with van der Waals surface area (Å²) < 4.78 is 2.16. The number of anilines is 1. The van der Waals surface area contributed by atoms with Gasteiger partial charge in [-0.2, -0.15) is 0 Å². The van der Waals surface area contributed by atoms with E-state index in [-0.39, 0.29) is 0 Å². The first-order valence-electron chi connectivity index (χ1n) is 12.2. The minimum absolute atomic E-state index is 0.437. The van der Waals surface area contributed by atoms with Gasteiger partial charge in [0.2, 0.25) is 0 Å². The van der Waals surface area contributed by atoms with Gasteiger partial charge in [0.15, 0.2) is 0 Å². The molecule has 1 aliphatic carbocycles. The average molecular weight is 463 g/mol. The molecule has 0 amide bonds. The molecule has 3 heterocycles. The fourth-order valence-electron chi connectivity index (χ4n) is 5.53. The van der Waals surface area contributed by atoms with E-state index in [0.717, 1.165) is 69.7 Å². The molecule has 1 saturated carbocycles. The van der Waals surface area contributed by atoms with Crippen molar-refractivity contribution >= 4 is 22.2 Å². The van der Waals surface area contributed by atoms with Crippen LogP contribution in [-0.4, -0.2) is 44.9 Å². The van der Waals surface area contributed by atoms with Crippen LogP contribution in [0.5, 0.6) is 0 Å². The van der Waals surface area contributed by atoms with Gasteiger partial charge < -0.3 is 10.6 Å². The van der Waals surface area contributed by atoms with Crippen molar-refractivity contribution in [3.63, 3.8) is 0 Å². The highest BCUT2D eigenvalue weighted by atomic mass is 15.1. The van der Waals surface area contributed by atoms with Gasteiger partial charge in [0.25, 0.3) is 0 Å². The van der Waals surface area contributed by atoms with Crippen LogP contribution in [-0.2, 0) is 0 Å². The second-order valence-corrected chi connectivity index (χ2v) is 10.0. The lowest BCUT2D eigenvalue weighted by atomic mass is 9.74. The summed E-state index contributed by atoms with van der Waals surface area (Å²) in [5.41, 5.74) is 13.4. The van der Waals surface area contributed by atoms with Crippen molar-refractivity contribution in [1.29, 1.82) is 0 Å². The molecule has 0 radical (unpaired) electrons. The number of nitrogens with two attached hydrogens (primary N) is 1. The number of hydrogen-bond acceptors (Lipinski definition) is 5. The molecule has 0 bridgehead atoms. The fraction of sp³-hybridized carbons (Fsp3) is 0.276. The Morgan fingerprint density at radius 1 is 1.00 bits per heavy atom. The van der Waals surface area contributed by atoms with Crippen molar-refractivity contribution in [3.05, 3.63) is 78.4 Å². The lowest BCUT2D eigenvalue weighted by Gasteiger charge is -2.36. The summed E-state index contributed by atoms with van der Waals surface area (Å²) in [6, 6.07) is 18.8. The van der Waals surface area contributed by atoms with Crippen LogP contribution in [0.3, 0.4) is 0 Å². The van der Waals surface area contributed by atoms with Gasteiger partial charge in [0, 0.05) is 41.4 Å². The van der Waals surface area contributed by atoms with Crippen LogP contribution >= 0.6 is 0 Å². The molecule has 0 atom stereocenters. The molecule has 0 spiro atoms. The number of aryl methyl sites for hydroxylation is 1. The number of hydrogen-bond donors (Lipinski definition) is 1. The first kappa shape index (κ1) is 21.7. The van der Waals surface area contributed by atoms with Crippen molar-refractivity contribution in [2.24, 2.45) is 5.92 Å². The van der Waals surface area contributed by atoms with Gasteiger partial charge in [0.05, 0.1) is 11.2 Å². The van der Waals surface area contributed by atoms with E-state index in [2.05, 4.69) is 71.7 Å². The quantitative estimate of drug-likeness (QED) is 0.370. The Kier molecular flexibility index (Phi) is 5.26. The van der Waals surface area contributed by atoms with E-state index >= 15 is 0 Å². The third kappa shape index (κ3) is 3.74. The Bertz CT molecular complexity index is 1530. The number of nitrogen functional groups attached to an aromatic ring is 1. The molecule has 1 aliphatic rings. The maximum Gasteiger partial charge on any atom is 0.150 e. The molecule has 1 fully saturated rings. The summed E-state index contributed by atoms with van der Waals surface area (Å²) in [5, 5.41) is 1.12. The molecule has 0 aliphatic heterocycles. The van der Waals surface area contributed by atoms with Gasteiger partial charge >= 0.3 is 0 Å². The van der Waals surface area contributed by atoms with E-state index in [9.17, 15) is 0 Å². The predicted octanol–water partition coefficient (Wildman–Crippen LogP) is 5.56. The van der Waals surface area contributed by atoms with E-state index in [0.29, 0.717) is 17.7 Å². The van der Waals surface area contributed by atoms with Crippen LogP contribution in [0.2, 0.25) is 0 Å². The summed E-state index contributed by atoms with van der Waals surface area (Å²) >= 11 is 0. The van der Waals surface area contributed by atoms with Crippen LogP contribution in [0.15, 0.2) is 67.0 Å². The van der Waals surface area contributed by atoms with E-state index in [1.165, 1.54) is 0 Å². The minimum atomic E-state index is 0.437. The second-order valence-electron chi connectivity index (χ2n) is 10.0. The molecular weight excluding hydrogens is 432 g/mol. The predicted molar refractivity (Wildman–Crippen MR) is 142 cm³/mol. The van der Waals surface area contributed by atoms with Crippen LogP contribution in [0.25, 0.3) is 38.9 Å². The molecule has 2 N–H and O–H groups in total. The molecule has 6 rings (SSSR count). The van der Waals surface area contributed by atoms with Gasteiger partial charge in [-0.3, -0.25) is 4.40 Å². The summed E-state index contributed by atoms with van der Waals surface area (Å²) in [7, 11) is 4.28. The van der Waals surface area contributed by atoms with E-state index in [1.807, 2.05) is 24.4 Å². The monoisotopic (exact) mass is 462 g/mol. The second kappa shape index (κ2) is 8.47. The molecule has 0 saturated heterocycles. The van der Waals surface area contributed by atoms with Crippen LogP contribution in [0.1, 0.15) is 30.1 Å². The van der Waals surface area contributed by atoms with E-state index in [1.54, 1.807) is 6.20 Å². The maximum absolute atomic E-state index is 6.43. The van der Waals surface area contributed by atoms with Gasteiger partial charge in [0.1, 0.15) is 22.9 Å². The number of imidazole rings is 1. The third-order valence-corrected chi connectivity index (χ3v) is 7.27. The summed E-state index contributed by atoms with van der Waals surface area (Å²) in [5.74, 6) is 2.75. The molecular formula is C29H30N6. The number of fused-ring (bicyclic) bond motifs is 2. The molecule has 176 valence electrons. The summed E-state index contributed by atoms with van der Waals surface area (Å²) in [4.78, 5) is 16.9. The smallest absolute Gasteiger partial charge is 0.150 e. The zero-order chi connectivity index (χ0) is 24.1. The standard InChI is InChI=1S/C29H30N6/c1-18-23(11-9-21-10-12-24(32-25(18)21)20-7-5-4-6-8-20)26-27-28(30)31-13-14-35(27)29(33-26)22-15-19(16-22)17-34(2)3/h4-14,19,22H,15-17H2,1-3H3,(H2,30,31). The van der Waals surface area contributed by atoms with Crippen molar-refractivity contribution in [2.45, 2.75) is 25.7 Å². The number of benzene rings is 2. The molecule has 2 aromatic carbocycles. The van der Waals surface area contributed by atoms with Crippen LogP contribution in [0.4, 0.5) is 5.82 Å². The number of rotatable bonds is 5. The molecule has 5 aromatic rings. The normalized spacial score (nSPS) is 17.8. The number of nitrogens with zero attached hydrogens (tertiary/aromatic N) is 5. The minimum Gasteiger partial charge on any atom is -0.382 e. The highest BCUT2D eigenvalue weighted by Gasteiger charge is 2.34. The average Bonchev–Trinajstić information content (AvgIpc) is 3.22. The van der Waals surface area contributed by atoms with Gasteiger partial charge in [-0.1, -0.05) is 48.5 Å². The van der Waals surface area contributed by atoms with Crippen molar-refractivity contribution in [2.75, 3.05) is 26.4 Å². The van der Waals surface area contributed by atoms with E-state index < -0.39 is 0 Å². The Morgan fingerprint density at radius 2 is 1.77 bits per heavy atom. The molecule has 6 heteroatoms. The zero-order valence-corrected chi connectivity index (χ0v) is 20.4. The van der Waals surface area contributed by atoms with Gasteiger partial charge in [-0.05, 0) is 51.4 Å². The number of aromatic nitrogens is 4. The first-order valence-corrected chi connectivity index (χ1v) is 12.2. The van der Waals surface area contributed by atoms with E-state index in [4.69, 9.17) is 15.7 Å². The van der Waals surface area contributed by atoms with Gasteiger partial charge in [-0.25, -0.2) is 15.0 Å². The fourth-order valence-corrected chi connectivity index (χ4v) is 5.53. The largest absolute Gasteiger partial charge is 0.382 e. The Balaban J connectivity index is 1.47. The number of pyridine rings is 1. The lowest BCUT2D eigenvalue weighted by molar-refractivity contribution is 0.194. The summed E-state index contributed by atoms with van der Waals surface area (Å²) in [6.07, 6.45) is 6.07. The highest BCUT2D eigenvalue weighted by molar-refractivity contribution is 5.94. The Hall–Kier alpha value is -3.77. The molecule has 6 nitrogen and oxygen atoms in total. The van der Waals surface area contributed by atoms with Crippen molar-refractivity contribution in [1.82, 2.24) is 24.3 Å². The van der Waals surface area contributed by atoms with Crippen LogP contribution < -0.4 is 5.73 Å². The first-order chi connectivity index (χ1) is 17.0. The van der Waals surface area contributed by atoms with Crippen molar-refractivity contribution in [3.8, 4) is 22.5 Å². The molecule has 35 heavy (non-hydrogen) atoms. The lowest BCUT2D eigenvalue weighted by Crippen LogP contribution is -2.32. The van der Waals surface area contributed by atoms with Gasteiger partial charge in [-0.15, -0.1) is 0 Å². The SMILES string of the molecule is Cc1c(-c2nc(C3CC(CN(C)C)C3)n3ccnc(N)c23)ccc2ccc(-c3ccccc3)nc12. The topological polar surface area (TPSA) is 72.3 Å². The highest BCUT2D eigenvalue weighted by Crippen LogP contribution is 2.44.